The first-order valence-electron chi connectivity index (χ1n) is 5.96. The van der Waals surface area contributed by atoms with Crippen LogP contribution in [-0.4, -0.2) is 10.1 Å². The molecular formula is C13H20N2O. The maximum Gasteiger partial charge on any atom is 0.129 e. The predicted molar refractivity (Wildman–Crippen MR) is 64.9 cm³/mol. The first kappa shape index (κ1) is 11.4. The molecular weight excluding hydrogens is 200 g/mol. The number of anilines is 1. The summed E-state index contributed by atoms with van der Waals surface area (Å²) in [4.78, 5) is 4.14. The van der Waals surface area contributed by atoms with Gasteiger partial charge in [-0.15, -0.1) is 0 Å². The summed E-state index contributed by atoms with van der Waals surface area (Å²) in [6.45, 7) is 4.21. The molecule has 0 saturated heterocycles. The quantitative estimate of drug-likeness (QED) is 0.764. The monoisotopic (exact) mass is 220 g/mol. The van der Waals surface area contributed by atoms with E-state index in [0.29, 0.717) is 11.7 Å². The second-order valence-electron chi connectivity index (χ2n) is 5.16. The number of rotatable bonds is 1. The number of aryl methyl sites for hydroxylation is 1. The molecule has 3 nitrogen and oxygen atoms in total. The second kappa shape index (κ2) is 4.06. The minimum Gasteiger partial charge on any atom is -0.385 e. The van der Waals surface area contributed by atoms with Crippen LogP contribution < -0.4 is 5.73 Å². The third-order valence-corrected chi connectivity index (χ3v) is 3.66. The Bertz CT molecular complexity index is 382. The van der Waals surface area contributed by atoms with Crippen LogP contribution in [-0.2, 0) is 5.60 Å². The lowest BCUT2D eigenvalue weighted by molar-refractivity contribution is -0.0116. The molecule has 0 unspecified atom stereocenters. The van der Waals surface area contributed by atoms with Crippen LogP contribution in [0.4, 0.5) is 5.82 Å². The van der Waals surface area contributed by atoms with Gasteiger partial charge in [0.05, 0.1) is 5.60 Å². The Labute approximate surface area is 96.7 Å². The highest BCUT2D eigenvalue weighted by atomic mass is 16.3. The van der Waals surface area contributed by atoms with Gasteiger partial charge in [-0.3, -0.25) is 0 Å². The van der Waals surface area contributed by atoms with Gasteiger partial charge in [0.2, 0.25) is 0 Å². The molecule has 3 N–H and O–H groups in total. The van der Waals surface area contributed by atoms with Gasteiger partial charge < -0.3 is 10.8 Å². The zero-order valence-electron chi connectivity index (χ0n) is 10.0. The molecule has 1 fully saturated rings. The van der Waals surface area contributed by atoms with Crippen molar-refractivity contribution in [1.29, 1.82) is 0 Å². The van der Waals surface area contributed by atoms with E-state index < -0.39 is 5.60 Å². The van der Waals surface area contributed by atoms with Crippen molar-refractivity contribution in [2.45, 2.75) is 45.1 Å². The fourth-order valence-corrected chi connectivity index (χ4v) is 2.46. The zero-order chi connectivity index (χ0) is 11.8. The maximum absolute atomic E-state index is 10.6. The molecule has 1 aromatic heterocycles. The van der Waals surface area contributed by atoms with E-state index in [1.54, 1.807) is 6.20 Å². The van der Waals surface area contributed by atoms with Gasteiger partial charge in [0.25, 0.3) is 0 Å². The molecule has 1 aromatic rings. The Morgan fingerprint density at radius 3 is 2.69 bits per heavy atom. The Morgan fingerprint density at radius 2 is 2.06 bits per heavy atom. The summed E-state index contributed by atoms with van der Waals surface area (Å²) in [7, 11) is 0. The highest BCUT2D eigenvalue weighted by Crippen LogP contribution is 2.41. The zero-order valence-corrected chi connectivity index (χ0v) is 10.0. The summed E-state index contributed by atoms with van der Waals surface area (Å²) in [6, 6.07) is 1.97. The molecule has 0 aliphatic heterocycles. The summed E-state index contributed by atoms with van der Waals surface area (Å²) in [6.07, 6.45) is 5.45. The highest BCUT2D eigenvalue weighted by molar-refractivity contribution is 5.44. The van der Waals surface area contributed by atoms with E-state index in [1.807, 2.05) is 13.0 Å². The molecule has 16 heavy (non-hydrogen) atoms. The van der Waals surface area contributed by atoms with E-state index in [1.165, 1.54) is 0 Å². The fraction of sp³-hybridized carbons (Fsp3) is 0.615. The molecule has 1 aliphatic rings. The molecule has 0 atom stereocenters. The van der Waals surface area contributed by atoms with Crippen molar-refractivity contribution in [2.24, 2.45) is 5.92 Å². The average Bonchev–Trinajstić information content (AvgIpc) is 2.26. The Morgan fingerprint density at radius 1 is 1.44 bits per heavy atom. The molecule has 0 aromatic carbocycles. The van der Waals surface area contributed by atoms with E-state index in [2.05, 4.69) is 11.9 Å². The standard InChI is InChI=1S/C13H20N2O/c1-9-3-5-13(16,6-4-9)11-7-10(2)8-15-12(11)14/h7-9,16H,3-6H2,1-2H3,(H2,14,15). The van der Waals surface area contributed by atoms with Crippen LogP contribution in [0.5, 0.6) is 0 Å². The predicted octanol–water partition coefficient (Wildman–Crippen LogP) is 2.37. The van der Waals surface area contributed by atoms with Gasteiger partial charge in [-0.25, -0.2) is 4.98 Å². The van der Waals surface area contributed by atoms with Crippen LogP contribution in [0.3, 0.4) is 0 Å². The molecule has 1 heterocycles. The number of hydrogen-bond acceptors (Lipinski definition) is 3. The Hall–Kier alpha value is -1.09. The van der Waals surface area contributed by atoms with Gasteiger partial charge in [0.1, 0.15) is 5.82 Å². The van der Waals surface area contributed by atoms with E-state index in [0.717, 1.165) is 36.8 Å². The van der Waals surface area contributed by atoms with Crippen molar-refractivity contribution >= 4 is 5.82 Å². The number of aliphatic hydroxyl groups is 1. The number of nitrogens with zero attached hydrogens (tertiary/aromatic N) is 1. The summed E-state index contributed by atoms with van der Waals surface area (Å²) in [5.74, 6) is 1.18. The van der Waals surface area contributed by atoms with E-state index in [4.69, 9.17) is 5.73 Å². The van der Waals surface area contributed by atoms with Crippen molar-refractivity contribution in [3.8, 4) is 0 Å². The molecule has 2 rings (SSSR count). The van der Waals surface area contributed by atoms with Gasteiger partial charge in [-0.2, -0.15) is 0 Å². The van der Waals surface area contributed by atoms with E-state index in [-0.39, 0.29) is 0 Å². The first-order valence-corrected chi connectivity index (χ1v) is 5.96. The second-order valence-corrected chi connectivity index (χ2v) is 5.16. The fourth-order valence-electron chi connectivity index (χ4n) is 2.46. The number of hydrogen-bond donors (Lipinski definition) is 2. The summed E-state index contributed by atoms with van der Waals surface area (Å²) in [5.41, 5.74) is 6.99. The largest absolute Gasteiger partial charge is 0.385 e. The van der Waals surface area contributed by atoms with Crippen LogP contribution in [0.2, 0.25) is 0 Å². The third kappa shape index (κ3) is 2.05. The molecule has 0 radical (unpaired) electrons. The lowest BCUT2D eigenvalue weighted by Crippen LogP contribution is -2.32. The van der Waals surface area contributed by atoms with Gasteiger partial charge in [0.15, 0.2) is 0 Å². The Kier molecular flexibility index (Phi) is 2.89. The van der Waals surface area contributed by atoms with Crippen molar-refractivity contribution in [3.63, 3.8) is 0 Å². The lowest BCUT2D eigenvalue weighted by atomic mass is 9.76. The van der Waals surface area contributed by atoms with Crippen molar-refractivity contribution in [2.75, 3.05) is 5.73 Å². The normalized spacial score (nSPS) is 30.3. The van der Waals surface area contributed by atoms with Crippen molar-refractivity contribution < 1.29 is 5.11 Å². The highest BCUT2D eigenvalue weighted by Gasteiger charge is 2.35. The molecule has 1 saturated carbocycles. The summed E-state index contributed by atoms with van der Waals surface area (Å²) < 4.78 is 0. The van der Waals surface area contributed by atoms with Crippen LogP contribution in [0.25, 0.3) is 0 Å². The minimum absolute atomic E-state index is 0.475. The maximum atomic E-state index is 10.6. The van der Waals surface area contributed by atoms with Crippen LogP contribution in [0.1, 0.15) is 43.7 Å². The molecule has 0 bridgehead atoms. The molecule has 1 aliphatic carbocycles. The minimum atomic E-state index is -0.754. The van der Waals surface area contributed by atoms with Crippen LogP contribution in [0.15, 0.2) is 12.3 Å². The van der Waals surface area contributed by atoms with Gasteiger partial charge in [-0.1, -0.05) is 6.92 Å². The lowest BCUT2D eigenvalue weighted by Gasteiger charge is -2.35. The smallest absolute Gasteiger partial charge is 0.129 e. The van der Waals surface area contributed by atoms with Crippen molar-refractivity contribution in [3.05, 3.63) is 23.4 Å². The summed E-state index contributed by atoms with van der Waals surface area (Å²) >= 11 is 0. The number of aromatic nitrogens is 1. The molecule has 0 amide bonds. The summed E-state index contributed by atoms with van der Waals surface area (Å²) in [5, 5.41) is 10.6. The molecule has 88 valence electrons. The van der Waals surface area contributed by atoms with E-state index >= 15 is 0 Å². The first-order chi connectivity index (χ1) is 7.51. The van der Waals surface area contributed by atoms with Gasteiger partial charge in [-0.05, 0) is 50.2 Å². The SMILES string of the molecule is Cc1cnc(N)c(C2(O)CCC(C)CC2)c1. The van der Waals surface area contributed by atoms with Crippen LogP contribution >= 0.6 is 0 Å². The van der Waals surface area contributed by atoms with Crippen LogP contribution in [0, 0.1) is 12.8 Å². The van der Waals surface area contributed by atoms with Gasteiger partial charge in [0, 0.05) is 11.8 Å². The third-order valence-electron chi connectivity index (χ3n) is 3.66. The number of nitrogen functional groups attached to an aromatic ring is 1. The number of pyridine rings is 1. The van der Waals surface area contributed by atoms with E-state index in [9.17, 15) is 5.11 Å². The molecule has 3 heteroatoms. The average molecular weight is 220 g/mol. The van der Waals surface area contributed by atoms with Gasteiger partial charge >= 0.3 is 0 Å². The topological polar surface area (TPSA) is 59.1 Å². The number of nitrogens with two attached hydrogens (primary N) is 1. The Balaban J connectivity index is 2.32. The molecule has 0 spiro atoms. The van der Waals surface area contributed by atoms with Crippen molar-refractivity contribution in [1.82, 2.24) is 4.98 Å².